The van der Waals surface area contributed by atoms with E-state index in [1.165, 1.54) is 17.5 Å². The molecule has 1 fully saturated rings. The van der Waals surface area contributed by atoms with Crippen molar-refractivity contribution in [1.82, 2.24) is 9.21 Å². The van der Waals surface area contributed by atoms with Crippen LogP contribution in [-0.2, 0) is 14.8 Å². The molecule has 0 aliphatic carbocycles. The van der Waals surface area contributed by atoms with Crippen LogP contribution in [0, 0.1) is 0 Å². The van der Waals surface area contributed by atoms with Gasteiger partial charge >= 0.3 is 0 Å². The van der Waals surface area contributed by atoms with Gasteiger partial charge in [0, 0.05) is 38.3 Å². The van der Waals surface area contributed by atoms with Gasteiger partial charge in [-0.25, -0.2) is 8.42 Å². The standard InChI is InChI=1S/C19H30N2O5S/c1-5-21(6-2)27(23,24)18-13-15(10-11-17(18)25-4)19(22)20-12-8-9-16(14-20)26-7-3/h10-11,13,16H,5-9,12,14H2,1-4H3. The molecular formula is C19H30N2O5S. The molecule has 8 heteroatoms. The summed E-state index contributed by atoms with van der Waals surface area (Å²) < 4.78 is 38.2. The SMILES string of the molecule is CCOC1CCCN(C(=O)c2ccc(OC)c(S(=O)(=O)N(CC)CC)c2)C1. The van der Waals surface area contributed by atoms with Crippen LogP contribution in [0.1, 0.15) is 44.0 Å². The molecule has 1 aliphatic heterocycles. The van der Waals surface area contributed by atoms with E-state index in [4.69, 9.17) is 9.47 Å². The molecule has 152 valence electrons. The predicted molar refractivity (Wildman–Crippen MR) is 104 cm³/mol. The molecule has 1 aromatic carbocycles. The minimum Gasteiger partial charge on any atom is -0.495 e. The number of carbonyl (C=O) groups excluding carboxylic acids is 1. The molecule has 0 aromatic heterocycles. The number of carbonyl (C=O) groups is 1. The summed E-state index contributed by atoms with van der Waals surface area (Å²) in [7, 11) is -2.31. The van der Waals surface area contributed by atoms with Gasteiger partial charge in [0.25, 0.3) is 5.91 Å². The molecule has 1 atom stereocenters. The largest absolute Gasteiger partial charge is 0.495 e. The van der Waals surface area contributed by atoms with Gasteiger partial charge in [-0.3, -0.25) is 4.79 Å². The van der Waals surface area contributed by atoms with Crippen LogP contribution < -0.4 is 4.74 Å². The van der Waals surface area contributed by atoms with Crippen molar-refractivity contribution in [3.63, 3.8) is 0 Å². The van der Waals surface area contributed by atoms with Gasteiger partial charge in [0.15, 0.2) is 0 Å². The average Bonchev–Trinajstić information content (AvgIpc) is 2.68. The first-order chi connectivity index (χ1) is 12.9. The Kier molecular flexibility index (Phi) is 7.64. The number of sulfonamides is 1. The fraction of sp³-hybridized carbons (Fsp3) is 0.632. The zero-order valence-corrected chi connectivity index (χ0v) is 17.4. The maximum absolute atomic E-state index is 13.0. The van der Waals surface area contributed by atoms with Gasteiger partial charge in [-0.15, -0.1) is 0 Å². The van der Waals surface area contributed by atoms with E-state index >= 15 is 0 Å². The molecular weight excluding hydrogens is 368 g/mol. The lowest BCUT2D eigenvalue weighted by Gasteiger charge is -2.32. The van der Waals surface area contributed by atoms with Gasteiger partial charge in [-0.1, -0.05) is 13.8 Å². The van der Waals surface area contributed by atoms with Crippen molar-refractivity contribution < 1.29 is 22.7 Å². The molecule has 0 bridgehead atoms. The Hall–Kier alpha value is -1.64. The van der Waals surface area contributed by atoms with Gasteiger partial charge < -0.3 is 14.4 Å². The summed E-state index contributed by atoms with van der Waals surface area (Å²) in [4.78, 5) is 14.7. The second-order valence-electron chi connectivity index (χ2n) is 6.43. The molecule has 0 N–H and O–H groups in total. The van der Waals surface area contributed by atoms with Crippen molar-refractivity contribution in [3.8, 4) is 5.75 Å². The predicted octanol–water partition coefficient (Wildman–Crippen LogP) is 2.37. The van der Waals surface area contributed by atoms with Gasteiger partial charge in [0.05, 0.1) is 13.2 Å². The molecule has 0 spiro atoms. The monoisotopic (exact) mass is 398 g/mol. The highest BCUT2D eigenvalue weighted by molar-refractivity contribution is 7.89. The molecule has 0 saturated carbocycles. The number of benzene rings is 1. The van der Waals surface area contributed by atoms with E-state index in [9.17, 15) is 13.2 Å². The molecule has 1 aromatic rings. The van der Waals surface area contributed by atoms with E-state index in [0.29, 0.717) is 38.3 Å². The lowest BCUT2D eigenvalue weighted by Crippen LogP contribution is -2.43. The van der Waals surface area contributed by atoms with Crippen LogP contribution in [-0.4, -0.2) is 69.5 Å². The highest BCUT2D eigenvalue weighted by Crippen LogP contribution is 2.29. The van der Waals surface area contributed by atoms with E-state index in [1.807, 2.05) is 6.92 Å². The number of hydrogen-bond donors (Lipinski definition) is 0. The Bertz CT molecular complexity index is 744. The van der Waals surface area contributed by atoms with Crippen molar-refractivity contribution in [2.75, 3.05) is 39.9 Å². The second kappa shape index (κ2) is 9.52. The van der Waals surface area contributed by atoms with E-state index in [0.717, 1.165) is 12.8 Å². The van der Waals surface area contributed by atoms with E-state index in [-0.39, 0.29) is 22.7 Å². The Labute approximate surface area is 162 Å². The minimum atomic E-state index is -3.74. The Morgan fingerprint density at radius 3 is 2.56 bits per heavy atom. The van der Waals surface area contributed by atoms with Gasteiger partial charge in [-0.05, 0) is 38.0 Å². The summed E-state index contributed by atoms with van der Waals surface area (Å²) in [5.41, 5.74) is 0.346. The Morgan fingerprint density at radius 2 is 1.96 bits per heavy atom. The topological polar surface area (TPSA) is 76.1 Å². The van der Waals surface area contributed by atoms with Crippen molar-refractivity contribution in [2.45, 2.75) is 44.6 Å². The number of nitrogens with zero attached hydrogens (tertiary/aromatic N) is 2. The molecule has 0 radical (unpaired) electrons. The first-order valence-corrected chi connectivity index (χ1v) is 10.9. The number of piperidine rings is 1. The third kappa shape index (κ3) is 4.80. The number of hydrogen-bond acceptors (Lipinski definition) is 5. The second-order valence-corrected chi connectivity index (χ2v) is 8.33. The summed E-state index contributed by atoms with van der Waals surface area (Å²) in [6.45, 7) is 7.98. The highest BCUT2D eigenvalue weighted by Gasteiger charge is 2.29. The number of rotatable bonds is 8. The van der Waals surface area contributed by atoms with Crippen LogP contribution in [0.2, 0.25) is 0 Å². The fourth-order valence-electron chi connectivity index (χ4n) is 3.39. The fourth-order valence-corrected chi connectivity index (χ4v) is 5.03. The van der Waals surface area contributed by atoms with Crippen molar-refractivity contribution in [1.29, 1.82) is 0 Å². The molecule has 1 saturated heterocycles. The van der Waals surface area contributed by atoms with Crippen molar-refractivity contribution >= 4 is 15.9 Å². The number of likely N-dealkylation sites (tertiary alicyclic amines) is 1. The number of ether oxygens (including phenoxy) is 2. The lowest BCUT2D eigenvalue weighted by molar-refractivity contribution is 0.00723. The minimum absolute atomic E-state index is 0.0258. The van der Waals surface area contributed by atoms with Crippen molar-refractivity contribution in [2.24, 2.45) is 0 Å². The first kappa shape index (κ1) is 21.7. The summed E-state index contributed by atoms with van der Waals surface area (Å²) in [5.74, 6) is 0.0577. The van der Waals surface area contributed by atoms with Crippen LogP contribution in [0.4, 0.5) is 0 Å². The Morgan fingerprint density at radius 1 is 1.26 bits per heavy atom. The van der Waals surface area contributed by atoms with Crippen LogP contribution in [0.5, 0.6) is 5.75 Å². The summed E-state index contributed by atoms with van der Waals surface area (Å²) >= 11 is 0. The van der Waals surface area contributed by atoms with Gasteiger partial charge in [-0.2, -0.15) is 4.31 Å². The Balaban J connectivity index is 2.35. The number of amides is 1. The van der Waals surface area contributed by atoms with Crippen molar-refractivity contribution in [3.05, 3.63) is 23.8 Å². The summed E-state index contributed by atoms with van der Waals surface area (Å²) in [5, 5.41) is 0. The maximum atomic E-state index is 13.0. The quantitative estimate of drug-likeness (QED) is 0.672. The van der Waals surface area contributed by atoms with Gasteiger partial charge in [0.2, 0.25) is 10.0 Å². The third-order valence-electron chi connectivity index (χ3n) is 4.80. The van der Waals surface area contributed by atoms with Crippen LogP contribution in [0.3, 0.4) is 0 Å². The molecule has 1 heterocycles. The lowest BCUT2D eigenvalue weighted by atomic mass is 10.1. The smallest absolute Gasteiger partial charge is 0.253 e. The first-order valence-electron chi connectivity index (χ1n) is 9.48. The molecule has 1 amide bonds. The molecule has 7 nitrogen and oxygen atoms in total. The van der Waals surface area contributed by atoms with E-state index < -0.39 is 10.0 Å². The van der Waals surface area contributed by atoms with Crippen LogP contribution in [0.25, 0.3) is 0 Å². The van der Waals surface area contributed by atoms with Crippen LogP contribution >= 0.6 is 0 Å². The van der Waals surface area contributed by atoms with E-state index in [2.05, 4.69) is 0 Å². The molecule has 27 heavy (non-hydrogen) atoms. The third-order valence-corrected chi connectivity index (χ3v) is 6.87. The maximum Gasteiger partial charge on any atom is 0.253 e. The average molecular weight is 399 g/mol. The normalized spacial score (nSPS) is 18.0. The van der Waals surface area contributed by atoms with E-state index in [1.54, 1.807) is 30.9 Å². The molecule has 1 aliphatic rings. The van der Waals surface area contributed by atoms with Crippen LogP contribution in [0.15, 0.2) is 23.1 Å². The zero-order valence-electron chi connectivity index (χ0n) is 16.6. The number of methoxy groups -OCH3 is 1. The summed E-state index contributed by atoms with van der Waals surface area (Å²) in [6, 6.07) is 4.60. The van der Waals surface area contributed by atoms with Gasteiger partial charge in [0.1, 0.15) is 10.6 Å². The highest BCUT2D eigenvalue weighted by atomic mass is 32.2. The molecule has 2 rings (SSSR count). The molecule has 1 unspecified atom stereocenters. The zero-order chi connectivity index (χ0) is 20.0. The summed E-state index contributed by atoms with van der Waals surface area (Å²) in [6.07, 6.45) is 1.84.